The van der Waals surface area contributed by atoms with Gasteiger partial charge in [-0.3, -0.25) is 0 Å². The first-order valence-corrected chi connectivity index (χ1v) is 6.28. The van der Waals surface area contributed by atoms with E-state index in [2.05, 4.69) is 27.1 Å². The van der Waals surface area contributed by atoms with Crippen LogP contribution in [-0.2, 0) is 6.54 Å². The molecule has 0 spiro atoms. The van der Waals surface area contributed by atoms with Gasteiger partial charge in [-0.2, -0.15) is 0 Å². The summed E-state index contributed by atoms with van der Waals surface area (Å²) in [7, 11) is 0. The van der Waals surface area contributed by atoms with Crippen molar-refractivity contribution in [2.45, 2.75) is 26.3 Å². The molecule has 4 heteroatoms. The smallest absolute Gasteiger partial charge is 0.0922 e. The van der Waals surface area contributed by atoms with Crippen molar-refractivity contribution in [2.24, 2.45) is 5.92 Å². The Bertz CT molecular complexity index is 283. The van der Waals surface area contributed by atoms with E-state index in [-0.39, 0.29) is 0 Å². The molecule has 0 saturated carbocycles. The van der Waals surface area contributed by atoms with E-state index in [0.29, 0.717) is 0 Å². The van der Waals surface area contributed by atoms with Crippen molar-refractivity contribution in [1.29, 1.82) is 0 Å². The Morgan fingerprint density at radius 2 is 2.56 bits per heavy atom. The molecule has 0 bridgehead atoms. The first kappa shape index (κ1) is 11.6. The van der Waals surface area contributed by atoms with E-state index in [0.717, 1.165) is 19.0 Å². The minimum atomic E-state index is 0.816. The van der Waals surface area contributed by atoms with Gasteiger partial charge in [0.1, 0.15) is 0 Å². The second-order valence-corrected chi connectivity index (χ2v) is 4.61. The molecule has 0 aromatic carbocycles. The molecule has 2 N–H and O–H groups in total. The molecular formula is C12H22N4. The van der Waals surface area contributed by atoms with Crippen LogP contribution in [0.5, 0.6) is 0 Å². The van der Waals surface area contributed by atoms with E-state index in [4.69, 9.17) is 0 Å². The number of piperidine rings is 1. The monoisotopic (exact) mass is 222 g/mol. The average molecular weight is 222 g/mol. The molecule has 0 amide bonds. The summed E-state index contributed by atoms with van der Waals surface area (Å²) in [5.74, 6) is 0.816. The summed E-state index contributed by atoms with van der Waals surface area (Å²) in [4.78, 5) is 9.67. The number of hydrogen-bond donors (Lipinski definition) is 2. The van der Waals surface area contributed by atoms with Crippen LogP contribution in [0.2, 0.25) is 0 Å². The van der Waals surface area contributed by atoms with Gasteiger partial charge in [-0.15, -0.1) is 0 Å². The molecule has 1 aliphatic heterocycles. The maximum absolute atomic E-state index is 4.01. The van der Waals surface area contributed by atoms with Crippen molar-refractivity contribution in [3.63, 3.8) is 0 Å². The lowest BCUT2D eigenvalue weighted by molar-refractivity contribution is 0.180. The first-order chi connectivity index (χ1) is 7.88. The number of nitrogens with zero attached hydrogens (tertiary/aromatic N) is 2. The van der Waals surface area contributed by atoms with Crippen LogP contribution in [-0.4, -0.2) is 41.0 Å². The van der Waals surface area contributed by atoms with Crippen LogP contribution < -0.4 is 5.32 Å². The van der Waals surface area contributed by atoms with Gasteiger partial charge >= 0.3 is 0 Å². The fourth-order valence-corrected chi connectivity index (χ4v) is 2.40. The highest BCUT2D eigenvalue weighted by Gasteiger charge is 2.17. The highest BCUT2D eigenvalue weighted by atomic mass is 15.1. The molecule has 16 heavy (non-hydrogen) atoms. The molecule has 1 fully saturated rings. The lowest BCUT2D eigenvalue weighted by atomic mass is 9.98. The van der Waals surface area contributed by atoms with Gasteiger partial charge in [0.2, 0.25) is 0 Å². The zero-order valence-electron chi connectivity index (χ0n) is 10.1. The van der Waals surface area contributed by atoms with Crippen LogP contribution in [0, 0.1) is 5.92 Å². The number of aromatic nitrogens is 2. The summed E-state index contributed by atoms with van der Waals surface area (Å²) in [6.07, 6.45) is 6.33. The fraction of sp³-hybridized carbons (Fsp3) is 0.750. The molecule has 0 aliphatic carbocycles. The van der Waals surface area contributed by atoms with Crippen LogP contribution in [0.4, 0.5) is 0 Å². The van der Waals surface area contributed by atoms with Crippen molar-refractivity contribution in [1.82, 2.24) is 20.2 Å². The quantitative estimate of drug-likeness (QED) is 0.787. The topological polar surface area (TPSA) is 44.0 Å². The van der Waals surface area contributed by atoms with Crippen molar-refractivity contribution in [3.05, 3.63) is 18.2 Å². The predicted octanol–water partition coefficient (Wildman–Crippen LogP) is 1.23. The van der Waals surface area contributed by atoms with E-state index in [1.54, 1.807) is 6.33 Å². The third kappa shape index (κ3) is 3.32. The van der Waals surface area contributed by atoms with E-state index >= 15 is 0 Å². The van der Waals surface area contributed by atoms with Crippen molar-refractivity contribution >= 4 is 0 Å². The van der Waals surface area contributed by atoms with Gasteiger partial charge in [-0.1, -0.05) is 6.92 Å². The zero-order chi connectivity index (χ0) is 11.2. The second-order valence-electron chi connectivity index (χ2n) is 4.61. The van der Waals surface area contributed by atoms with Gasteiger partial charge in [-0.25, -0.2) is 4.98 Å². The summed E-state index contributed by atoms with van der Waals surface area (Å²) >= 11 is 0. The largest absolute Gasteiger partial charge is 0.347 e. The number of aromatic amines is 1. The minimum Gasteiger partial charge on any atom is -0.347 e. The molecule has 1 aromatic heterocycles. The molecule has 1 aliphatic rings. The van der Waals surface area contributed by atoms with Gasteiger partial charge in [0, 0.05) is 25.0 Å². The summed E-state index contributed by atoms with van der Waals surface area (Å²) in [5, 5.41) is 3.50. The number of rotatable bonds is 5. The van der Waals surface area contributed by atoms with E-state index in [1.165, 1.54) is 38.2 Å². The van der Waals surface area contributed by atoms with Crippen LogP contribution in [0.25, 0.3) is 0 Å². The Kier molecular flexibility index (Phi) is 4.36. The summed E-state index contributed by atoms with van der Waals surface area (Å²) in [5.41, 5.74) is 1.17. The zero-order valence-corrected chi connectivity index (χ0v) is 10.1. The lowest BCUT2D eigenvalue weighted by Gasteiger charge is -2.31. The molecule has 2 heterocycles. The summed E-state index contributed by atoms with van der Waals surface area (Å²) in [6, 6.07) is 0. The predicted molar refractivity (Wildman–Crippen MR) is 65.1 cm³/mol. The van der Waals surface area contributed by atoms with Crippen LogP contribution in [0.1, 0.15) is 25.5 Å². The highest BCUT2D eigenvalue weighted by Crippen LogP contribution is 2.15. The molecule has 0 radical (unpaired) electrons. The SMILES string of the molecule is CCN1CCCC(CNCc2cnc[nH]2)C1. The van der Waals surface area contributed by atoms with E-state index < -0.39 is 0 Å². The van der Waals surface area contributed by atoms with Gasteiger partial charge in [0.05, 0.1) is 6.33 Å². The Morgan fingerprint density at radius 1 is 1.62 bits per heavy atom. The third-order valence-electron chi connectivity index (χ3n) is 3.35. The Balaban J connectivity index is 1.65. The normalized spacial score (nSPS) is 22.4. The van der Waals surface area contributed by atoms with Gasteiger partial charge in [-0.05, 0) is 38.4 Å². The fourth-order valence-electron chi connectivity index (χ4n) is 2.40. The summed E-state index contributed by atoms with van der Waals surface area (Å²) < 4.78 is 0. The molecule has 1 unspecified atom stereocenters. The van der Waals surface area contributed by atoms with Gasteiger partial charge in [0.15, 0.2) is 0 Å². The molecule has 1 saturated heterocycles. The van der Waals surface area contributed by atoms with E-state index in [9.17, 15) is 0 Å². The van der Waals surface area contributed by atoms with Crippen LogP contribution in [0.3, 0.4) is 0 Å². The van der Waals surface area contributed by atoms with Crippen molar-refractivity contribution in [2.75, 3.05) is 26.2 Å². The standard InChI is InChI=1S/C12H22N4/c1-2-16-5-3-4-11(9-16)6-13-7-12-8-14-10-15-12/h8,10-11,13H,2-7,9H2,1H3,(H,14,15). The van der Waals surface area contributed by atoms with E-state index in [1.807, 2.05) is 6.20 Å². The Hall–Kier alpha value is -0.870. The number of H-pyrrole nitrogens is 1. The average Bonchev–Trinajstić information content (AvgIpc) is 2.82. The second kappa shape index (κ2) is 6.01. The number of likely N-dealkylation sites (tertiary alicyclic amines) is 1. The van der Waals surface area contributed by atoms with Gasteiger partial charge < -0.3 is 15.2 Å². The lowest BCUT2D eigenvalue weighted by Crippen LogP contribution is -2.39. The first-order valence-electron chi connectivity index (χ1n) is 6.28. The number of hydrogen-bond acceptors (Lipinski definition) is 3. The molecular weight excluding hydrogens is 200 g/mol. The molecule has 1 aromatic rings. The van der Waals surface area contributed by atoms with Gasteiger partial charge in [0.25, 0.3) is 0 Å². The molecule has 1 atom stereocenters. The maximum Gasteiger partial charge on any atom is 0.0922 e. The minimum absolute atomic E-state index is 0.816. The number of imidazole rings is 1. The Labute approximate surface area is 97.4 Å². The molecule has 90 valence electrons. The van der Waals surface area contributed by atoms with Crippen molar-refractivity contribution in [3.8, 4) is 0 Å². The third-order valence-corrected chi connectivity index (χ3v) is 3.35. The Morgan fingerprint density at radius 3 is 3.31 bits per heavy atom. The molecule has 2 rings (SSSR count). The number of nitrogens with one attached hydrogen (secondary N) is 2. The maximum atomic E-state index is 4.01. The molecule has 4 nitrogen and oxygen atoms in total. The summed E-state index contributed by atoms with van der Waals surface area (Å²) in [6.45, 7) is 8.01. The van der Waals surface area contributed by atoms with Crippen molar-refractivity contribution < 1.29 is 0 Å². The highest BCUT2D eigenvalue weighted by molar-refractivity contribution is 4.93. The van der Waals surface area contributed by atoms with Crippen LogP contribution >= 0.6 is 0 Å². The van der Waals surface area contributed by atoms with Crippen LogP contribution in [0.15, 0.2) is 12.5 Å².